The number of sulfone groups is 1. The monoisotopic (exact) mass is 500 g/mol. The third-order valence-corrected chi connectivity index (χ3v) is 7.38. The number of carbonyl (C=O) groups excluding carboxylic acids is 2. The number of nitrogens with one attached hydrogen (secondary N) is 1. The summed E-state index contributed by atoms with van der Waals surface area (Å²) in [5, 5.41) is 12.1. The number of nitrogens with zero attached hydrogens (tertiary/aromatic N) is 3. The number of pyridine rings is 1. The van der Waals surface area contributed by atoms with Crippen molar-refractivity contribution in [2.45, 2.75) is 31.2 Å². The van der Waals surface area contributed by atoms with Gasteiger partial charge in [0.15, 0.2) is 9.84 Å². The number of allylic oxidation sites excluding steroid dienone is 4. The second-order valence-corrected chi connectivity index (χ2v) is 10.7. The van der Waals surface area contributed by atoms with Gasteiger partial charge in [0.1, 0.15) is 6.04 Å². The number of benzene rings is 1. The van der Waals surface area contributed by atoms with Crippen molar-refractivity contribution >= 4 is 38.1 Å². The first kappa shape index (κ1) is 24.5. The van der Waals surface area contributed by atoms with E-state index in [0.717, 1.165) is 16.0 Å². The summed E-state index contributed by atoms with van der Waals surface area (Å²) < 4.78 is 50.8. The molecule has 2 heterocycles. The number of carbonyl (C=O) groups is 2. The zero-order valence-corrected chi connectivity index (χ0v) is 19.6. The van der Waals surface area contributed by atoms with Crippen LogP contribution in [0.4, 0.5) is 8.78 Å². The summed E-state index contributed by atoms with van der Waals surface area (Å²) in [5.74, 6) is -4.48. The van der Waals surface area contributed by atoms with Crippen molar-refractivity contribution in [3.8, 4) is 6.07 Å². The van der Waals surface area contributed by atoms with Gasteiger partial charge < -0.3 is 10.2 Å². The first-order chi connectivity index (χ1) is 16.5. The van der Waals surface area contributed by atoms with Crippen molar-refractivity contribution in [2.24, 2.45) is 0 Å². The highest BCUT2D eigenvalue weighted by molar-refractivity contribution is 7.94. The molecule has 8 nitrogen and oxygen atoms in total. The average Bonchev–Trinajstić information content (AvgIpc) is 3.15. The third kappa shape index (κ3) is 5.22. The second-order valence-electron chi connectivity index (χ2n) is 8.60. The number of rotatable bonds is 5. The molecule has 35 heavy (non-hydrogen) atoms. The molecule has 1 aliphatic heterocycles. The topological polar surface area (TPSA) is 120 Å². The molecule has 1 N–H and O–H groups in total. The van der Waals surface area contributed by atoms with Crippen LogP contribution < -0.4 is 5.32 Å². The minimum Gasteiger partial charge on any atom is -0.343 e. The summed E-state index contributed by atoms with van der Waals surface area (Å²) >= 11 is 0. The first-order valence-electron chi connectivity index (χ1n) is 10.8. The van der Waals surface area contributed by atoms with Gasteiger partial charge in [-0.2, -0.15) is 5.26 Å². The van der Waals surface area contributed by atoms with E-state index in [-0.39, 0.29) is 5.56 Å². The fourth-order valence-corrected chi connectivity index (χ4v) is 5.05. The largest absolute Gasteiger partial charge is 0.343 e. The Labute approximate surface area is 200 Å². The maximum atomic E-state index is 13.6. The zero-order valence-electron chi connectivity index (χ0n) is 18.8. The Kier molecular flexibility index (Phi) is 6.42. The molecule has 0 saturated carbocycles. The number of nitriles is 1. The highest BCUT2D eigenvalue weighted by atomic mass is 32.2. The van der Waals surface area contributed by atoms with Crippen LogP contribution in [0.25, 0.3) is 16.5 Å². The predicted molar refractivity (Wildman–Crippen MR) is 125 cm³/mol. The molecule has 2 aromatic rings. The summed E-state index contributed by atoms with van der Waals surface area (Å²) in [6, 6.07) is 7.31. The van der Waals surface area contributed by atoms with E-state index in [1.54, 1.807) is 30.4 Å². The minimum absolute atomic E-state index is 0.247. The van der Waals surface area contributed by atoms with Gasteiger partial charge >= 0.3 is 0 Å². The molecule has 182 valence electrons. The van der Waals surface area contributed by atoms with Crippen LogP contribution in [0.15, 0.2) is 47.5 Å². The quantitative estimate of drug-likeness (QED) is 0.674. The van der Waals surface area contributed by atoms with E-state index < -0.39 is 53.1 Å². The summed E-state index contributed by atoms with van der Waals surface area (Å²) in [6.07, 6.45) is 6.12. The molecule has 2 aliphatic rings. The van der Waals surface area contributed by atoms with E-state index in [1.807, 2.05) is 6.07 Å². The molecule has 0 unspecified atom stereocenters. The molecule has 1 fully saturated rings. The summed E-state index contributed by atoms with van der Waals surface area (Å²) in [5.41, 5.74) is 2.50. The summed E-state index contributed by atoms with van der Waals surface area (Å²) in [4.78, 5) is 30.7. The molecule has 4 rings (SSSR count). The molecule has 1 aromatic carbocycles. The number of alkyl halides is 2. The maximum absolute atomic E-state index is 13.6. The normalized spacial score (nSPS) is 19.6. The van der Waals surface area contributed by atoms with Crippen LogP contribution in [0.2, 0.25) is 0 Å². The van der Waals surface area contributed by atoms with Gasteiger partial charge in [-0.15, -0.1) is 0 Å². The minimum atomic E-state index is -3.25. The lowest BCUT2D eigenvalue weighted by molar-refractivity contribution is -0.131. The molecular formula is C24H22F2N4O4S. The first-order valence-corrected chi connectivity index (χ1v) is 12.7. The standard InChI is InChI=1S/C24H22F2N4O4S/c1-35(33,34)18-5-2-15(3-6-18)16-4-7-21-20(10-16)19(8-9-28-21)23(32)29-13-22(31)30-14-24(25,26)11-17(30)12-27/h2,4-5,7-10,17H,3,6,11,13-14H2,1H3,(H,29,32)/t17-/m0/s1. The van der Waals surface area contributed by atoms with Gasteiger partial charge in [0.2, 0.25) is 5.91 Å². The van der Waals surface area contributed by atoms with Crippen LogP contribution in [-0.2, 0) is 14.6 Å². The molecule has 1 atom stereocenters. The Morgan fingerprint density at radius 2 is 2.03 bits per heavy atom. The van der Waals surface area contributed by atoms with Gasteiger partial charge in [-0.1, -0.05) is 12.1 Å². The Hall–Kier alpha value is -3.65. The smallest absolute Gasteiger partial charge is 0.268 e. The number of likely N-dealkylation sites (tertiary alicyclic amines) is 1. The third-order valence-electron chi connectivity index (χ3n) is 6.08. The zero-order chi connectivity index (χ0) is 25.4. The van der Waals surface area contributed by atoms with Crippen molar-refractivity contribution in [2.75, 3.05) is 19.3 Å². The molecule has 1 aromatic heterocycles. The highest BCUT2D eigenvalue weighted by Gasteiger charge is 2.47. The van der Waals surface area contributed by atoms with Crippen LogP contribution in [0.5, 0.6) is 0 Å². The Morgan fingerprint density at radius 3 is 2.69 bits per heavy atom. The summed E-state index contributed by atoms with van der Waals surface area (Å²) in [6.45, 7) is -1.38. The van der Waals surface area contributed by atoms with Crippen molar-refractivity contribution in [1.82, 2.24) is 15.2 Å². The SMILES string of the molecule is CS(=O)(=O)C1=CC=C(c2ccc3nccc(C(=O)NCC(=O)N4CC(F)(F)C[C@H]4C#N)c3c2)CC1. The van der Waals surface area contributed by atoms with Gasteiger partial charge in [0.25, 0.3) is 11.8 Å². The Morgan fingerprint density at radius 1 is 1.26 bits per heavy atom. The number of aromatic nitrogens is 1. The molecule has 11 heteroatoms. The summed E-state index contributed by atoms with van der Waals surface area (Å²) in [7, 11) is -3.25. The number of amides is 2. The van der Waals surface area contributed by atoms with E-state index in [9.17, 15) is 26.8 Å². The maximum Gasteiger partial charge on any atom is 0.268 e. The van der Waals surface area contributed by atoms with Crippen LogP contribution >= 0.6 is 0 Å². The molecular weight excluding hydrogens is 478 g/mol. The molecule has 2 amide bonds. The van der Waals surface area contributed by atoms with E-state index >= 15 is 0 Å². The van der Waals surface area contributed by atoms with Crippen LogP contribution in [-0.4, -0.2) is 61.4 Å². The lowest BCUT2D eigenvalue weighted by Crippen LogP contribution is -2.43. The molecule has 0 bridgehead atoms. The Bertz CT molecular complexity index is 1430. The predicted octanol–water partition coefficient (Wildman–Crippen LogP) is 2.83. The van der Waals surface area contributed by atoms with Gasteiger partial charge in [-0.25, -0.2) is 17.2 Å². The van der Waals surface area contributed by atoms with E-state index in [0.29, 0.717) is 28.6 Å². The number of hydrogen-bond acceptors (Lipinski definition) is 6. The fraction of sp³-hybridized carbons (Fsp3) is 0.333. The molecule has 1 aliphatic carbocycles. The van der Waals surface area contributed by atoms with E-state index in [4.69, 9.17) is 5.26 Å². The van der Waals surface area contributed by atoms with E-state index in [1.165, 1.54) is 18.5 Å². The second kappa shape index (κ2) is 9.19. The molecule has 1 saturated heterocycles. The lowest BCUT2D eigenvalue weighted by atomic mass is 9.95. The highest BCUT2D eigenvalue weighted by Crippen LogP contribution is 2.32. The van der Waals surface area contributed by atoms with Crippen molar-refractivity contribution in [3.63, 3.8) is 0 Å². The van der Waals surface area contributed by atoms with Crippen molar-refractivity contribution in [3.05, 3.63) is 58.6 Å². The van der Waals surface area contributed by atoms with Gasteiger partial charge in [0.05, 0.1) is 30.2 Å². The fourth-order valence-electron chi connectivity index (χ4n) is 4.26. The lowest BCUT2D eigenvalue weighted by Gasteiger charge is -2.19. The van der Waals surface area contributed by atoms with Gasteiger partial charge in [-0.3, -0.25) is 14.6 Å². The van der Waals surface area contributed by atoms with E-state index in [2.05, 4.69) is 10.3 Å². The average molecular weight is 501 g/mol. The molecule has 0 radical (unpaired) electrons. The van der Waals surface area contributed by atoms with Crippen molar-refractivity contribution < 1.29 is 26.8 Å². The number of hydrogen-bond donors (Lipinski definition) is 1. The van der Waals surface area contributed by atoms with Crippen molar-refractivity contribution in [1.29, 1.82) is 5.26 Å². The van der Waals surface area contributed by atoms with Gasteiger partial charge in [0, 0.05) is 29.2 Å². The Balaban J connectivity index is 1.54. The van der Waals surface area contributed by atoms with Gasteiger partial charge in [-0.05, 0) is 48.3 Å². The van der Waals surface area contributed by atoms with Crippen LogP contribution in [0, 0.1) is 11.3 Å². The van der Waals surface area contributed by atoms with Crippen LogP contribution in [0.1, 0.15) is 35.2 Å². The number of fused-ring (bicyclic) bond motifs is 1. The molecule has 0 spiro atoms. The number of halogens is 2. The van der Waals surface area contributed by atoms with Crippen LogP contribution in [0.3, 0.4) is 0 Å².